The Kier molecular flexibility index (Phi) is 11.1. The molecule has 4 aromatic rings. The Hall–Kier alpha value is -4.70. The molecule has 248 valence electrons. The Morgan fingerprint density at radius 2 is 1.49 bits per heavy atom. The number of hydrogen-bond donors (Lipinski definition) is 1. The lowest BCUT2D eigenvalue weighted by Crippen LogP contribution is -2.56. The third-order valence-corrected chi connectivity index (χ3v) is 9.33. The number of amides is 2. The second kappa shape index (κ2) is 14.8. The van der Waals surface area contributed by atoms with Crippen molar-refractivity contribution in [3.63, 3.8) is 0 Å². The first-order valence-corrected chi connectivity index (χ1v) is 16.8. The van der Waals surface area contributed by atoms with Crippen LogP contribution in [0.5, 0.6) is 5.75 Å². The maximum Gasteiger partial charge on any atom is 0.264 e. The molecule has 10 heteroatoms. The van der Waals surface area contributed by atoms with Crippen molar-refractivity contribution < 1.29 is 27.1 Å². The van der Waals surface area contributed by atoms with E-state index < -0.39 is 45.8 Å². The van der Waals surface area contributed by atoms with E-state index in [4.69, 9.17) is 4.74 Å². The van der Waals surface area contributed by atoms with Gasteiger partial charge in [-0.15, -0.1) is 0 Å². The second-order valence-electron chi connectivity index (χ2n) is 12.6. The average molecular weight is 660 g/mol. The van der Waals surface area contributed by atoms with Crippen molar-refractivity contribution in [2.45, 2.75) is 64.1 Å². The van der Waals surface area contributed by atoms with Crippen molar-refractivity contribution in [2.24, 2.45) is 0 Å². The van der Waals surface area contributed by atoms with Gasteiger partial charge in [0.2, 0.25) is 11.8 Å². The standard InChI is InChI=1S/C37H42FN3O5S/c1-26-16-19-30(20-17-26)47(44,45)41(32-22-27(2)18-21-34(32)46-6)25-35(42)40(24-29-14-10-11-15-31(29)38)33(36(43)39-37(3,4)5)23-28-12-8-7-9-13-28/h7-22,33H,23-25H2,1-6H3,(H,39,43)/t33-/m1/s1. The number of ether oxygens (including phenoxy) is 1. The summed E-state index contributed by atoms with van der Waals surface area (Å²) in [5.41, 5.74) is 2.08. The number of sulfonamides is 1. The summed E-state index contributed by atoms with van der Waals surface area (Å²) in [4.78, 5) is 29.9. The van der Waals surface area contributed by atoms with E-state index in [9.17, 15) is 18.0 Å². The number of hydrogen-bond acceptors (Lipinski definition) is 5. The van der Waals surface area contributed by atoms with E-state index in [1.165, 1.54) is 30.2 Å². The molecule has 0 radical (unpaired) electrons. The van der Waals surface area contributed by atoms with Crippen LogP contribution in [0.3, 0.4) is 0 Å². The van der Waals surface area contributed by atoms with Crippen LogP contribution in [-0.4, -0.2) is 50.4 Å². The molecular formula is C37H42FN3O5S. The Morgan fingerprint density at radius 1 is 0.872 bits per heavy atom. The van der Waals surface area contributed by atoms with E-state index in [1.54, 1.807) is 55.5 Å². The summed E-state index contributed by atoms with van der Waals surface area (Å²) in [5, 5.41) is 2.97. The first-order chi connectivity index (χ1) is 22.2. The third kappa shape index (κ3) is 8.98. The van der Waals surface area contributed by atoms with Crippen molar-refractivity contribution in [1.82, 2.24) is 10.2 Å². The number of aryl methyl sites for hydroxylation is 2. The lowest BCUT2D eigenvalue weighted by Gasteiger charge is -2.35. The van der Waals surface area contributed by atoms with Gasteiger partial charge in [0.05, 0.1) is 17.7 Å². The number of anilines is 1. The van der Waals surface area contributed by atoms with Gasteiger partial charge < -0.3 is 15.0 Å². The normalized spacial score (nSPS) is 12.2. The molecule has 0 unspecified atom stereocenters. The van der Waals surface area contributed by atoms with Gasteiger partial charge in [-0.3, -0.25) is 13.9 Å². The van der Waals surface area contributed by atoms with Gasteiger partial charge >= 0.3 is 0 Å². The van der Waals surface area contributed by atoms with Crippen molar-refractivity contribution in [2.75, 3.05) is 18.0 Å². The first-order valence-electron chi connectivity index (χ1n) is 15.3. The molecule has 2 amide bonds. The van der Waals surface area contributed by atoms with Gasteiger partial charge in [0.1, 0.15) is 24.2 Å². The molecular weight excluding hydrogens is 617 g/mol. The lowest BCUT2D eigenvalue weighted by molar-refractivity contribution is -0.140. The fourth-order valence-electron chi connectivity index (χ4n) is 5.16. The van der Waals surface area contributed by atoms with Gasteiger partial charge in [0.25, 0.3) is 10.0 Å². The summed E-state index contributed by atoms with van der Waals surface area (Å²) >= 11 is 0. The summed E-state index contributed by atoms with van der Waals surface area (Å²) < 4.78 is 50.4. The van der Waals surface area contributed by atoms with Crippen LogP contribution in [0.15, 0.2) is 102 Å². The van der Waals surface area contributed by atoms with Gasteiger partial charge in [-0.2, -0.15) is 0 Å². The molecule has 0 heterocycles. The predicted molar refractivity (Wildman–Crippen MR) is 182 cm³/mol. The van der Waals surface area contributed by atoms with E-state index >= 15 is 4.39 Å². The smallest absolute Gasteiger partial charge is 0.264 e. The maximum atomic E-state index is 15.1. The monoisotopic (exact) mass is 659 g/mol. The van der Waals surface area contributed by atoms with Crippen molar-refractivity contribution in [1.29, 1.82) is 0 Å². The molecule has 0 saturated carbocycles. The summed E-state index contributed by atoms with van der Waals surface area (Å²) in [6, 6.07) is 25.5. The second-order valence-corrected chi connectivity index (χ2v) is 14.4. The van der Waals surface area contributed by atoms with E-state index in [0.29, 0.717) is 0 Å². The molecule has 0 saturated heterocycles. The molecule has 8 nitrogen and oxygen atoms in total. The lowest BCUT2D eigenvalue weighted by atomic mass is 10.0. The van der Waals surface area contributed by atoms with Crippen LogP contribution >= 0.6 is 0 Å². The van der Waals surface area contributed by atoms with Crippen LogP contribution in [0.4, 0.5) is 10.1 Å². The fraction of sp³-hybridized carbons (Fsp3) is 0.297. The van der Waals surface area contributed by atoms with E-state index in [-0.39, 0.29) is 34.9 Å². The Balaban J connectivity index is 1.88. The Bertz CT molecular complexity index is 1810. The molecule has 0 spiro atoms. The quantitative estimate of drug-likeness (QED) is 0.195. The highest BCUT2D eigenvalue weighted by molar-refractivity contribution is 7.92. The SMILES string of the molecule is COc1ccc(C)cc1N(CC(=O)N(Cc1ccccc1F)[C@H](Cc1ccccc1)C(=O)NC(C)(C)C)S(=O)(=O)c1ccc(C)cc1. The van der Waals surface area contributed by atoms with Gasteiger partial charge in [0.15, 0.2) is 0 Å². The number of carbonyl (C=O) groups excluding carboxylic acids is 2. The van der Waals surface area contributed by atoms with Crippen LogP contribution in [0.25, 0.3) is 0 Å². The third-order valence-electron chi connectivity index (χ3n) is 7.56. The molecule has 4 aromatic carbocycles. The van der Waals surface area contributed by atoms with Gasteiger partial charge in [0, 0.05) is 24.1 Å². The fourth-order valence-corrected chi connectivity index (χ4v) is 6.58. The van der Waals surface area contributed by atoms with E-state index in [1.807, 2.05) is 58.0 Å². The summed E-state index contributed by atoms with van der Waals surface area (Å²) in [6.45, 7) is 8.17. The van der Waals surface area contributed by atoms with E-state index in [2.05, 4.69) is 5.32 Å². The molecule has 4 rings (SSSR count). The minimum absolute atomic E-state index is 0.0218. The zero-order valence-electron chi connectivity index (χ0n) is 27.7. The molecule has 0 aliphatic rings. The number of nitrogens with one attached hydrogen (secondary N) is 1. The van der Waals surface area contributed by atoms with Crippen LogP contribution in [-0.2, 0) is 32.6 Å². The van der Waals surface area contributed by atoms with E-state index in [0.717, 1.165) is 21.0 Å². The van der Waals surface area contributed by atoms with Crippen LogP contribution in [0, 0.1) is 19.7 Å². The Morgan fingerprint density at radius 3 is 2.11 bits per heavy atom. The summed E-state index contributed by atoms with van der Waals surface area (Å²) in [7, 11) is -2.91. The number of benzene rings is 4. The molecule has 0 aromatic heterocycles. The van der Waals surface area contributed by atoms with Gasteiger partial charge in [-0.1, -0.05) is 72.3 Å². The number of carbonyl (C=O) groups is 2. The van der Waals surface area contributed by atoms with Crippen LogP contribution in [0.1, 0.15) is 43.0 Å². The number of nitrogens with zero attached hydrogens (tertiary/aromatic N) is 2. The maximum absolute atomic E-state index is 15.1. The molecule has 47 heavy (non-hydrogen) atoms. The first kappa shape index (κ1) is 35.2. The molecule has 0 aliphatic carbocycles. The molecule has 0 fully saturated rings. The van der Waals surface area contributed by atoms with Crippen molar-refractivity contribution >= 4 is 27.5 Å². The zero-order valence-corrected chi connectivity index (χ0v) is 28.5. The summed E-state index contributed by atoms with van der Waals surface area (Å²) in [5.74, 6) is -1.46. The number of halogens is 1. The largest absolute Gasteiger partial charge is 0.495 e. The highest BCUT2D eigenvalue weighted by Gasteiger charge is 2.36. The molecule has 1 atom stereocenters. The Labute approximate surface area is 277 Å². The highest BCUT2D eigenvalue weighted by atomic mass is 32.2. The number of rotatable bonds is 12. The zero-order chi connectivity index (χ0) is 34.4. The van der Waals surface area contributed by atoms with Crippen molar-refractivity contribution in [3.05, 3.63) is 125 Å². The minimum atomic E-state index is -4.33. The van der Waals surface area contributed by atoms with Crippen LogP contribution in [0.2, 0.25) is 0 Å². The molecule has 1 N–H and O–H groups in total. The van der Waals surface area contributed by atoms with Gasteiger partial charge in [-0.05, 0) is 76.1 Å². The minimum Gasteiger partial charge on any atom is -0.495 e. The van der Waals surface area contributed by atoms with Crippen molar-refractivity contribution in [3.8, 4) is 5.75 Å². The van der Waals surface area contributed by atoms with Gasteiger partial charge in [-0.25, -0.2) is 12.8 Å². The van der Waals surface area contributed by atoms with Crippen LogP contribution < -0.4 is 14.4 Å². The summed E-state index contributed by atoms with van der Waals surface area (Å²) in [6.07, 6.45) is 0.113. The molecule has 0 bridgehead atoms. The highest BCUT2D eigenvalue weighted by Crippen LogP contribution is 2.34. The predicted octanol–water partition coefficient (Wildman–Crippen LogP) is 6.20. The topological polar surface area (TPSA) is 96.0 Å². The average Bonchev–Trinajstić information content (AvgIpc) is 3.02. The molecule has 0 aliphatic heterocycles. The number of methoxy groups -OCH3 is 1.